The first kappa shape index (κ1) is 9.53. The molecule has 1 aliphatic carbocycles. The Bertz CT molecular complexity index is 294. The van der Waals surface area contributed by atoms with Crippen molar-refractivity contribution in [2.75, 3.05) is 0 Å². The molecule has 0 heterocycles. The Morgan fingerprint density at radius 2 is 1.93 bits per heavy atom. The molecule has 0 spiro atoms. The van der Waals surface area contributed by atoms with Crippen LogP contribution in [0.25, 0.3) is 0 Å². The standard InChI is InChI=1S/C12H17NO/c1-9-2-5-11(6-3-9)14-12-7-4-10(13)8-12/h2-3,5-6,10,12H,4,7-8,13H2,1H3. The number of ether oxygens (including phenoxy) is 1. The highest BCUT2D eigenvalue weighted by Crippen LogP contribution is 2.23. The molecule has 2 rings (SSSR count). The Balaban J connectivity index is 1.94. The van der Waals surface area contributed by atoms with Gasteiger partial charge < -0.3 is 10.5 Å². The van der Waals surface area contributed by atoms with E-state index in [1.165, 1.54) is 5.56 Å². The Hall–Kier alpha value is -1.02. The van der Waals surface area contributed by atoms with Crippen molar-refractivity contribution in [1.29, 1.82) is 0 Å². The van der Waals surface area contributed by atoms with Crippen LogP contribution in [0.3, 0.4) is 0 Å². The first-order chi connectivity index (χ1) is 6.74. The predicted molar refractivity (Wildman–Crippen MR) is 57.4 cm³/mol. The first-order valence-corrected chi connectivity index (χ1v) is 5.23. The lowest BCUT2D eigenvalue weighted by atomic mass is 10.2. The van der Waals surface area contributed by atoms with Crippen molar-refractivity contribution in [1.82, 2.24) is 0 Å². The number of hydrogen-bond donors (Lipinski definition) is 1. The maximum absolute atomic E-state index is 5.82. The molecule has 76 valence electrons. The fraction of sp³-hybridized carbons (Fsp3) is 0.500. The Labute approximate surface area is 85.1 Å². The minimum Gasteiger partial charge on any atom is -0.490 e. The molecule has 0 bridgehead atoms. The third kappa shape index (κ3) is 2.26. The van der Waals surface area contributed by atoms with Crippen LogP contribution in [0.4, 0.5) is 0 Å². The summed E-state index contributed by atoms with van der Waals surface area (Å²) in [4.78, 5) is 0. The van der Waals surface area contributed by atoms with E-state index in [0.717, 1.165) is 25.0 Å². The van der Waals surface area contributed by atoms with E-state index in [4.69, 9.17) is 10.5 Å². The number of hydrogen-bond acceptors (Lipinski definition) is 2. The van der Waals surface area contributed by atoms with Gasteiger partial charge in [-0.25, -0.2) is 0 Å². The van der Waals surface area contributed by atoms with Crippen LogP contribution in [-0.2, 0) is 0 Å². The van der Waals surface area contributed by atoms with Crippen LogP contribution in [0.5, 0.6) is 5.75 Å². The highest BCUT2D eigenvalue weighted by Gasteiger charge is 2.22. The van der Waals surface area contributed by atoms with Crippen LogP contribution in [-0.4, -0.2) is 12.1 Å². The fourth-order valence-electron chi connectivity index (χ4n) is 1.89. The molecule has 1 aromatic rings. The van der Waals surface area contributed by atoms with Gasteiger partial charge in [0.2, 0.25) is 0 Å². The molecule has 2 N–H and O–H groups in total. The quantitative estimate of drug-likeness (QED) is 0.778. The van der Waals surface area contributed by atoms with E-state index >= 15 is 0 Å². The first-order valence-electron chi connectivity index (χ1n) is 5.23. The smallest absolute Gasteiger partial charge is 0.119 e. The molecule has 14 heavy (non-hydrogen) atoms. The molecule has 1 aliphatic rings. The number of benzene rings is 1. The average molecular weight is 191 g/mol. The van der Waals surface area contributed by atoms with Crippen molar-refractivity contribution in [2.45, 2.75) is 38.3 Å². The van der Waals surface area contributed by atoms with E-state index in [9.17, 15) is 0 Å². The summed E-state index contributed by atoms with van der Waals surface area (Å²) in [5, 5.41) is 0. The van der Waals surface area contributed by atoms with Crippen LogP contribution < -0.4 is 10.5 Å². The lowest BCUT2D eigenvalue weighted by molar-refractivity contribution is 0.208. The zero-order valence-electron chi connectivity index (χ0n) is 8.57. The topological polar surface area (TPSA) is 35.2 Å². The third-order valence-electron chi connectivity index (χ3n) is 2.75. The van der Waals surface area contributed by atoms with Crippen LogP contribution in [0.15, 0.2) is 24.3 Å². The van der Waals surface area contributed by atoms with Gasteiger partial charge in [0.1, 0.15) is 11.9 Å². The molecule has 0 aliphatic heterocycles. The van der Waals surface area contributed by atoms with E-state index < -0.39 is 0 Å². The summed E-state index contributed by atoms with van der Waals surface area (Å²) in [7, 11) is 0. The highest BCUT2D eigenvalue weighted by atomic mass is 16.5. The van der Waals surface area contributed by atoms with Gasteiger partial charge in [0.25, 0.3) is 0 Å². The summed E-state index contributed by atoms with van der Waals surface area (Å²) in [6.45, 7) is 2.08. The van der Waals surface area contributed by atoms with Crippen molar-refractivity contribution in [3.8, 4) is 5.75 Å². The van der Waals surface area contributed by atoms with E-state index in [1.54, 1.807) is 0 Å². The molecule has 0 radical (unpaired) electrons. The lowest BCUT2D eigenvalue weighted by Crippen LogP contribution is -2.19. The van der Waals surface area contributed by atoms with Gasteiger partial charge in [-0.3, -0.25) is 0 Å². The van der Waals surface area contributed by atoms with E-state index in [1.807, 2.05) is 12.1 Å². The van der Waals surface area contributed by atoms with Gasteiger partial charge in [-0.1, -0.05) is 17.7 Å². The van der Waals surface area contributed by atoms with Gasteiger partial charge >= 0.3 is 0 Å². The number of nitrogens with two attached hydrogens (primary N) is 1. The van der Waals surface area contributed by atoms with Crippen molar-refractivity contribution in [3.05, 3.63) is 29.8 Å². The molecule has 0 aromatic heterocycles. The number of aryl methyl sites for hydroxylation is 1. The molecule has 2 nitrogen and oxygen atoms in total. The lowest BCUT2D eigenvalue weighted by Gasteiger charge is -2.13. The Kier molecular flexibility index (Phi) is 2.73. The van der Waals surface area contributed by atoms with Gasteiger partial charge in [0, 0.05) is 6.04 Å². The summed E-state index contributed by atoms with van der Waals surface area (Å²) in [5.74, 6) is 0.967. The minimum atomic E-state index is 0.327. The molecular weight excluding hydrogens is 174 g/mol. The number of rotatable bonds is 2. The predicted octanol–water partition coefficient (Wildman–Crippen LogP) is 2.25. The second-order valence-corrected chi connectivity index (χ2v) is 4.13. The van der Waals surface area contributed by atoms with Crippen molar-refractivity contribution in [3.63, 3.8) is 0 Å². The monoisotopic (exact) mass is 191 g/mol. The molecule has 2 atom stereocenters. The zero-order valence-corrected chi connectivity index (χ0v) is 8.57. The summed E-state index contributed by atoms with van der Waals surface area (Å²) >= 11 is 0. The van der Waals surface area contributed by atoms with Crippen LogP contribution in [0, 0.1) is 6.92 Å². The normalized spacial score (nSPS) is 26.4. The fourth-order valence-corrected chi connectivity index (χ4v) is 1.89. The molecule has 0 amide bonds. The van der Waals surface area contributed by atoms with Gasteiger partial charge in [0.15, 0.2) is 0 Å². The van der Waals surface area contributed by atoms with Crippen LogP contribution >= 0.6 is 0 Å². The van der Waals surface area contributed by atoms with Crippen molar-refractivity contribution < 1.29 is 4.74 Å². The van der Waals surface area contributed by atoms with Gasteiger partial charge in [-0.2, -0.15) is 0 Å². The molecule has 1 fully saturated rings. The van der Waals surface area contributed by atoms with Crippen molar-refractivity contribution >= 4 is 0 Å². The van der Waals surface area contributed by atoms with Gasteiger partial charge in [0.05, 0.1) is 0 Å². The van der Waals surface area contributed by atoms with Crippen molar-refractivity contribution in [2.24, 2.45) is 5.73 Å². The average Bonchev–Trinajstić information content (AvgIpc) is 2.56. The largest absolute Gasteiger partial charge is 0.490 e. The van der Waals surface area contributed by atoms with Gasteiger partial charge in [-0.05, 0) is 38.3 Å². The van der Waals surface area contributed by atoms with E-state index in [-0.39, 0.29) is 0 Å². The maximum atomic E-state index is 5.82. The third-order valence-corrected chi connectivity index (χ3v) is 2.75. The summed E-state index contributed by atoms with van der Waals surface area (Å²) in [5.41, 5.74) is 7.09. The maximum Gasteiger partial charge on any atom is 0.119 e. The Morgan fingerprint density at radius 1 is 1.21 bits per heavy atom. The van der Waals surface area contributed by atoms with E-state index in [0.29, 0.717) is 12.1 Å². The molecule has 1 aromatic carbocycles. The van der Waals surface area contributed by atoms with Crippen LogP contribution in [0.1, 0.15) is 24.8 Å². The summed E-state index contributed by atoms with van der Waals surface area (Å²) in [6.07, 6.45) is 3.51. The Morgan fingerprint density at radius 3 is 2.50 bits per heavy atom. The summed E-state index contributed by atoms with van der Waals surface area (Å²) in [6, 6.07) is 8.54. The second kappa shape index (κ2) is 4.01. The second-order valence-electron chi connectivity index (χ2n) is 4.13. The molecular formula is C12H17NO. The molecule has 2 heteroatoms. The highest BCUT2D eigenvalue weighted by molar-refractivity contribution is 5.26. The SMILES string of the molecule is Cc1ccc(OC2CCC(N)C2)cc1. The molecule has 0 saturated heterocycles. The minimum absolute atomic E-state index is 0.327. The molecule has 2 unspecified atom stereocenters. The van der Waals surface area contributed by atoms with Crippen LogP contribution in [0.2, 0.25) is 0 Å². The molecule has 1 saturated carbocycles. The van der Waals surface area contributed by atoms with Gasteiger partial charge in [-0.15, -0.1) is 0 Å². The van der Waals surface area contributed by atoms with E-state index in [2.05, 4.69) is 19.1 Å². The zero-order chi connectivity index (χ0) is 9.97. The summed E-state index contributed by atoms with van der Waals surface area (Å²) < 4.78 is 5.82.